The molecule has 144 valence electrons. The van der Waals surface area contributed by atoms with Gasteiger partial charge in [-0.05, 0) is 34.9 Å². The van der Waals surface area contributed by atoms with E-state index in [0.717, 1.165) is 16.7 Å². The fourth-order valence-electron chi connectivity index (χ4n) is 2.83. The highest BCUT2D eigenvalue weighted by atomic mass is 32.2. The highest BCUT2D eigenvalue weighted by Crippen LogP contribution is 2.31. The van der Waals surface area contributed by atoms with Gasteiger partial charge in [-0.15, -0.1) is 0 Å². The van der Waals surface area contributed by atoms with Crippen molar-refractivity contribution < 1.29 is 4.39 Å². The van der Waals surface area contributed by atoms with Crippen molar-refractivity contribution in [1.82, 2.24) is 19.9 Å². The van der Waals surface area contributed by atoms with E-state index in [2.05, 4.69) is 19.9 Å². The molecule has 29 heavy (non-hydrogen) atoms. The quantitative estimate of drug-likeness (QED) is 0.379. The molecule has 0 bridgehead atoms. The molecule has 0 fully saturated rings. The maximum absolute atomic E-state index is 14.8. The van der Waals surface area contributed by atoms with Crippen molar-refractivity contribution in [1.29, 1.82) is 0 Å². The highest BCUT2D eigenvalue weighted by molar-refractivity contribution is 7.98. The molecule has 0 saturated heterocycles. The third kappa shape index (κ3) is 4.33. The molecule has 0 amide bonds. The number of anilines is 2. The van der Waals surface area contributed by atoms with Crippen molar-refractivity contribution in [2.75, 3.05) is 11.5 Å². The van der Waals surface area contributed by atoms with Gasteiger partial charge in [0.15, 0.2) is 11.0 Å². The molecule has 8 heteroatoms. The number of rotatable bonds is 5. The molecule has 4 aromatic rings. The maximum Gasteiger partial charge on any atom is 0.189 e. The average molecular weight is 404 g/mol. The van der Waals surface area contributed by atoms with Crippen molar-refractivity contribution in [3.8, 4) is 22.5 Å². The first kappa shape index (κ1) is 18.8. The Morgan fingerprint density at radius 1 is 0.897 bits per heavy atom. The molecule has 0 aliphatic rings. The van der Waals surface area contributed by atoms with Crippen LogP contribution >= 0.6 is 11.8 Å². The van der Waals surface area contributed by atoms with Crippen LogP contribution in [0.15, 0.2) is 72.3 Å². The number of benzene rings is 2. The smallest absolute Gasteiger partial charge is 0.189 e. The van der Waals surface area contributed by atoms with Crippen LogP contribution in [-0.4, -0.2) is 19.9 Å². The van der Waals surface area contributed by atoms with Crippen LogP contribution in [0.4, 0.5) is 15.9 Å². The second-order valence-electron chi connectivity index (χ2n) is 6.24. The molecule has 4 rings (SSSR count). The van der Waals surface area contributed by atoms with E-state index < -0.39 is 5.82 Å². The monoisotopic (exact) mass is 404 g/mol. The summed E-state index contributed by atoms with van der Waals surface area (Å²) < 4.78 is 14.8. The minimum absolute atomic E-state index is 0.297. The Balaban J connectivity index is 1.61. The fraction of sp³-hybridized carbons (Fsp3) is 0.0476. The first-order valence-electron chi connectivity index (χ1n) is 8.77. The van der Waals surface area contributed by atoms with Crippen LogP contribution in [0.5, 0.6) is 0 Å². The van der Waals surface area contributed by atoms with E-state index >= 15 is 0 Å². The normalized spacial score (nSPS) is 10.8. The highest BCUT2D eigenvalue weighted by Gasteiger charge is 2.12. The van der Waals surface area contributed by atoms with Crippen LogP contribution in [0.2, 0.25) is 0 Å². The fourth-order valence-corrected chi connectivity index (χ4v) is 3.68. The van der Waals surface area contributed by atoms with Gasteiger partial charge in [-0.3, -0.25) is 0 Å². The Kier molecular flexibility index (Phi) is 5.35. The van der Waals surface area contributed by atoms with Crippen molar-refractivity contribution in [2.24, 2.45) is 0 Å². The summed E-state index contributed by atoms with van der Waals surface area (Å²) in [5, 5.41) is 0.599. The van der Waals surface area contributed by atoms with E-state index in [9.17, 15) is 4.39 Å². The summed E-state index contributed by atoms with van der Waals surface area (Å²) in [7, 11) is 0. The summed E-state index contributed by atoms with van der Waals surface area (Å²) in [6, 6.07) is 14.5. The number of nitrogens with two attached hydrogens (primary N) is 2. The molecule has 0 spiro atoms. The molecule has 4 N–H and O–H groups in total. The predicted molar refractivity (Wildman–Crippen MR) is 113 cm³/mol. The number of nitrogen functional groups attached to an aromatic ring is 2. The largest absolute Gasteiger partial charge is 0.396 e. The van der Waals surface area contributed by atoms with Gasteiger partial charge in [0.2, 0.25) is 0 Å². The van der Waals surface area contributed by atoms with Crippen molar-refractivity contribution in [3.05, 3.63) is 78.5 Å². The summed E-state index contributed by atoms with van der Waals surface area (Å²) >= 11 is 1.47. The number of nitrogens with zero attached hydrogens (tertiary/aromatic N) is 4. The lowest BCUT2D eigenvalue weighted by atomic mass is 9.99. The Morgan fingerprint density at radius 2 is 1.69 bits per heavy atom. The lowest BCUT2D eigenvalue weighted by Crippen LogP contribution is -1.96. The van der Waals surface area contributed by atoms with Crippen LogP contribution < -0.4 is 11.5 Å². The summed E-state index contributed by atoms with van der Waals surface area (Å²) in [5.41, 5.74) is 14.8. The van der Waals surface area contributed by atoms with Crippen LogP contribution in [0.1, 0.15) is 5.56 Å². The minimum Gasteiger partial charge on any atom is -0.396 e. The summed E-state index contributed by atoms with van der Waals surface area (Å²) in [5.74, 6) is 0.961. The number of thioether (sulfide) groups is 1. The Morgan fingerprint density at radius 3 is 2.45 bits per heavy atom. The van der Waals surface area contributed by atoms with Gasteiger partial charge in [0.1, 0.15) is 11.6 Å². The molecule has 0 atom stereocenters. The summed E-state index contributed by atoms with van der Waals surface area (Å²) in [4.78, 5) is 16.6. The van der Waals surface area contributed by atoms with Gasteiger partial charge in [0.25, 0.3) is 0 Å². The summed E-state index contributed by atoms with van der Waals surface area (Å²) in [6.07, 6.45) is 4.55. The second-order valence-corrected chi connectivity index (χ2v) is 7.19. The molecule has 2 aromatic heterocycles. The van der Waals surface area contributed by atoms with Crippen molar-refractivity contribution in [3.63, 3.8) is 0 Å². The van der Waals surface area contributed by atoms with Gasteiger partial charge in [-0.1, -0.05) is 42.1 Å². The molecule has 0 aliphatic heterocycles. The van der Waals surface area contributed by atoms with Gasteiger partial charge in [0, 0.05) is 11.9 Å². The standard InChI is InChI=1S/C21H17FN6S/c22-18-9-13(5-6-17(18)20-26-10-15(23)11-27-20)16-4-2-1-3-14(16)12-29-21-25-8-7-19(24)28-21/h1-11H,12,23H2,(H2,24,25,28). The van der Waals surface area contributed by atoms with E-state index in [0.29, 0.717) is 33.8 Å². The second kappa shape index (κ2) is 8.24. The molecular weight excluding hydrogens is 387 g/mol. The third-order valence-electron chi connectivity index (χ3n) is 4.22. The first-order valence-corrected chi connectivity index (χ1v) is 9.76. The van der Waals surface area contributed by atoms with Crippen molar-refractivity contribution in [2.45, 2.75) is 10.9 Å². The SMILES string of the molecule is Nc1cnc(-c2ccc(-c3ccccc3CSc3nccc(N)n3)cc2F)nc1. The van der Waals surface area contributed by atoms with E-state index in [1.54, 1.807) is 18.3 Å². The van der Waals surface area contributed by atoms with E-state index in [4.69, 9.17) is 11.5 Å². The van der Waals surface area contributed by atoms with Crippen LogP contribution in [0.3, 0.4) is 0 Å². The molecule has 0 saturated carbocycles. The zero-order chi connectivity index (χ0) is 20.2. The zero-order valence-electron chi connectivity index (χ0n) is 15.3. The molecule has 6 nitrogen and oxygen atoms in total. The van der Waals surface area contributed by atoms with Gasteiger partial charge in [-0.2, -0.15) is 0 Å². The molecular formula is C21H17FN6S. The Labute approximate surface area is 171 Å². The summed E-state index contributed by atoms with van der Waals surface area (Å²) in [6.45, 7) is 0. The average Bonchev–Trinajstić information content (AvgIpc) is 2.73. The van der Waals surface area contributed by atoms with Gasteiger partial charge in [-0.25, -0.2) is 24.3 Å². The number of halogens is 1. The number of aromatic nitrogens is 4. The Bertz CT molecular complexity index is 1150. The molecule has 2 aromatic carbocycles. The topological polar surface area (TPSA) is 104 Å². The number of hydrogen-bond acceptors (Lipinski definition) is 7. The molecule has 2 heterocycles. The van der Waals surface area contributed by atoms with Crippen molar-refractivity contribution >= 4 is 23.3 Å². The third-order valence-corrected chi connectivity index (χ3v) is 5.13. The first-order chi connectivity index (χ1) is 14.1. The zero-order valence-corrected chi connectivity index (χ0v) is 16.1. The Hall–Kier alpha value is -3.52. The minimum atomic E-state index is -0.395. The van der Waals surface area contributed by atoms with Crippen LogP contribution in [0.25, 0.3) is 22.5 Å². The lowest BCUT2D eigenvalue weighted by molar-refractivity contribution is 0.630. The molecule has 0 radical (unpaired) electrons. The van der Waals surface area contributed by atoms with Crippen LogP contribution in [0, 0.1) is 5.82 Å². The van der Waals surface area contributed by atoms with Gasteiger partial charge in [0.05, 0.1) is 23.6 Å². The van der Waals surface area contributed by atoms with Gasteiger partial charge < -0.3 is 11.5 Å². The van der Waals surface area contributed by atoms with Crippen LogP contribution in [-0.2, 0) is 5.75 Å². The molecule has 0 aliphatic carbocycles. The van der Waals surface area contributed by atoms with Gasteiger partial charge >= 0.3 is 0 Å². The lowest BCUT2D eigenvalue weighted by Gasteiger charge is -2.11. The predicted octanol–water partition coefficient (Wildman–Crippen LogP) is 4.20. The van der Waals surface area contributed by atoms with E-state index in [1.165, 1.54) is 30.2 Å². The number of hydrogen-bond donors (Lipinski definition) is 2. The molecule has 0 unspecified atom stereocenters. The maximum atomic E-state index is 14.8. The van der Waals surface area contributed by atoms with E-state index in [-0.39, 0.29) is 0 Å². The van der Waals surface area contributed by atoms with E-state index in [1.807, 2.05) is 30.3 Å².